The molecule has 0 saturated heterocycles. The molecule has 0 aliphatic carbocycles. The number of para-hydroxylation sites is 3. The van der Waals surface area contributed by atoms with Gasteiger partial charge in [-0.2, -0.15) is 0 Å². The van der Waals surface area contributed by atoms with Crippen LogP contribution >= 0.6 is 0 Å². The lowest BCUT2D eigenvalue weighted by Crippen LogP contribution is -2.00. The second-order valence-electron chi connectivity index (χ2n) is 14.3. The number of hydrogen-bond donors (Lipinski definition) is 0. The quantitative estimate of drug-likeness (QED) is 0.176. The van der Waals surface area contributed by atoms with Gasteiger partial charge in [0.1, 0.15) is 22.3 Å². The van der Waals surface area contributed by atoms with E-state index < -0.39 is 0 Å². The van der Waals surface area contributed by atoms with Gasteiger partial charge in [-0.05, 0) is 59.7 Å². The molecule has 4 aromatic heterocycles. The van der Waals surface area contributed by atoms with Gasteiger partial charge < -0.3 is 13.4 Å². The van der Waals surface area contributed by atoms with Crippen LogP contribution in [0.25, 0.3) is 117 Å². The Hall–Kier alpha value is -7.83. The van der Waals surface area contributed by atoms with Gasteiger partial charge in [0.05, 0.1) is 16.6 Å². The molecule has 0 amide bonds. The van der Waals surface area contributed by atoms with E-state index in [1.807, 2.05) is 66.7 Å². The number of nitrogens with zero attached hydrogens (tertiary/aromatic N) is 4. The van der Waals surface area contributed by atoms with Gasteiger partial charge in [-0.15, -0.1) is 0 Å². The van der Waals surface area contributed by atoms with Crippen molar-refractivity contribution in [2.24, 2.45) is 0 Å². The number of hydrogen-bond acceptors (Lipinski definition) is 5. The molecule has 57 heavy (non-hydrogen) atoms. The summed E-state index contributed by atoms with van der Waals surface area (Å²) >= 11 is 0. The molecule has 6 nitrogen and oxygen atoms in total. The summed E-state index contributed by atoms with van der Waals surface area (Å²) in [6, 6.07) is 62.6. The molecule has 0 aliphatic heterocycles. The summed E-state index contributed by atoms with van der Waals surface area (Å²) in [4.78, 5) is 15.6. The second kappa shape index (κ2) is 12.3. The first-order chi connectivity index (χ1) is 28.3. The minimum Gasteiger partial charge on any atom is -0.456 e. The molecule has 12 rings (SSSR count). The fraction of sp³-hybridized carbons (Fsp3) is 0. The van der Waals surface area contributed by atoms with Crippen molar-refractivity contribution in [2.75, 3.05) is 0 Å². The predicted octanol–water partition coefficient (Wildman–Crippen LogP) is 13.4. The Balaban J connectivity index is 1.10. The van der Waals surface area contributed by atoms with Crippen LogP contribution < -0.4 is 0 Å². The fourth-order valence-electron chi connectivity index (χ4n) is 8.56. The zero-order valence-electron chi connectivity index (χ0n) is 30.4. The lowest BCUT2D eigenvalue weighted by Gasteiger charge is -2.10. The first-order valence-corrected chi connectivity index (χ1v) is 19.0. The van der Waals surface area contributed by atoms with Crippen LogP contribution in [0.4, 0.5) is 0 Å². The maximum atomic E-state index is 6.70. The monoisotopic (exact) mass is 730 g/mol. The molecule has 0 aliphatic rings. The SMILES string of the molecule is c1ccc(-c2nc(-c3cccc4c3oc3cccc(-c5ccccc5)c34)nc(-c3cccc4oc5ccc(-n6c7ccccc7c7ccccc76)cc5c34)n2)cc1. The van der Waals surface area contributed by atoms with Crippen LogP contribution in [0.1, 0.15) is 0 Å². The van der Waals surface area contributed by atoms with Crippen LogP contribution in [0, 0.1) is 0 Å². The molecule has 0 fully saturated rings. The van der Waals surface area contributed by atoms with E-state index in [1.54, 1.807) is 0 Å². The molecule has 0 atom stereocenters. The van der Waals surface area contributed by atoms with Crippen molar-refractivity contribution < 1.29 is 8.83 Å². The second-order valence-corrected chi connectivity index (χ2v) is 14.3. The number of fused-ring (bicyclic) bond motifs is 9. The minimum absolute atomic E-state index is 0.528. The Morgan fingerprint density at radius 3 is 1.63 bits per heavy atom. The van der Waals surface area contributed by atoms with E-state index in [0.717, 1.165) is 88.4 Å². The Morgan fingerprint density at radius 2 is 0.895 bits per heavy atom. The van der Waals surface area contributed by atoms with Gasteiger partial charge in [0.25, 0.3) is 0 Å². The third kappa shape index (κ3) is 4.87. The van der Waals surface area contributed by atoms with Crippen LogP contribution in [0.5, 0.6) is 0 Å². The largest absolute Gasteiger partial charge is 0.456 e. The summed E-state index contributed by atoms with van der Waals surface area (Å²) in [7, 11) is 0. The van der Waals surface area contributed by atoms with Gasteiger partial charge in [0.2, 0.25) is 0 Å². The van der Waals surface area contributed by atoms with Crippen LogP contribution in [-0.4, -0.2) is 19.5 Å². The summed E-state index contributed by atoms with van der Waals surface area (Å²) in [5.41, 5.74) is 11.2. The molecule has 0 saturated carbocycles. The van der Waals surface area contributed by atoms with Crippen LogP contribution in [-0.2, 0) is 0 Å². The average molecular weight is 731 g/mol. The van der Waals surface area contributed by atoms with Gasteiger partial charge in [0.15, 0.2) is 17.5 Å². The van der Waals surface area contributed by atoms with Gasteiger partial charge in [-0.25, -0.2) is 15.0 Å². The lowest BCUT2D eigenvalue weighted by atomic mass is 9.99. The minimum atomic E-state index is 0.528. The third-order valence-corrected chi connectivity index (χ3v) is 11.1. The predicted molar refractivity (Wildman–Crippen MR) is 230 cm³/mol. The molecule has 0 radical (unpaired) electrons. The first kappa shape index (κ1) is 31.5. The zero-order valence-corrected chi connectivity index (χ0v) is 30.4. The highest BCUT2D eigenvalue weighted by Crippen LogP contribution is 2.42. The average Bonchev–Trinajstić information content (AvgIpc) is 3.96. The highest BCUT2D eigenvalue weighted by Gasteiger charge is 2.22. The molecule has 0 bridgehead atoms. The van der Waals surface area contributed by atoms with E-state index >= 15 is 0 Å². The van der Waals surface area contributed by atoms with Crippen molar-refractivity contribution in [3.63, 3.8) is 0 Å². The van der Waals surface area contributed by atoms with Crippen LogP contribution in [0.2, 0.25) is 0 Å². The van der Waals surface area contributed by atoms with Gasteiger partial charge >= 0.3 is 0 Å². The lowest BCUT2D eigenvalue weighted by molar-refractivity contribution is 0.668. The van der Waals surface area contributed by atoms with Crippen molar-refractivity contribution >= 4 is 65.7 Å². The van der Waals surface area contributed by atoms with Crippen molar-refractivity contribution in [3.05, 3.63) is 182 Å². The Bertz CT molecular complexity index is 3470. The summed E-state index contributed by atoms with van der Waals surface area (Å²) < 4.78 is 15.6. The standard InChI is InChI=1S/C51H30N4O2/c1-3-14-31(15-4-1)34-20-12-27-45-46(34)37-21-11-23-39(48(37)57-45)51-53-49(32-16-5-2-6-17-32)52-50(54-51)38-22-13-26-44-47(38)40-30-33(28-29-43(40)56-44)55-41-24-9-7-18-35(41)36-19-8-10-25-42(36)55/h1-30H. The zero-order chi connectivity index (χ0) is 37.5. The number of furan rings is 2. The maximum absolute atomic E-state index is 6.70. The molecule has 8 aromatic carbocycles. The van der Waals surface area contributed by atoms with Crippen LogP contribution in [0.15, 0.2) is 191 Å². The topological polar surface area (TPSA) is 69.9 Å². The van der Waals surface area contributed by atoms with Crippen molar-refractivity contribution in [1.29, 1.82) is 0 Å². The molecule has 266 valence electrons. The van der Waals surface area contributed by atoms with E-state index in [0.29, 0.717) is 17.5 Å². The first-order valence-electron chi connectivity index (χ1n) is 19.0. The molecule has 12 aromatic rings. The number of benzene rings is 8. The van der Waals surface area contributed by atoms with Crippen molar-refractivity contribution in [2.45, 2.75) is 0 Å². The number of rotatable bonds is 5. The molecule has 0 N–H and O–H groups in total. The van der Waals surface area contributed by atoms with E-state index in [4.69, 9.17) is 23.8 Å². The molecule has 4 heterocycles. The third-order valence-electron chi connectivity index (χ3n) is 11.1. The Labute approximate surface area is 325 Å². The van der Waals surface area contributed by atoms with E-state index in [1.165, 1.54) is 10.8 Å². The highest BCUT2D eigenvalue weighted by molar-refractivity contribution is 6.16. The smallest absolute Gasteiger partial charge is 0.167 e. The molecule has 0 unspecified atom stereocenters. The molecular weight excluding hydrogens is 701 g/mol. The molecular formula is C51H30N4O2. The van der Waals surface area contributed by atoms with E-state index in [9.17, 15) is 0 Å². The Kier molecular flexibility index (Phi) is 6.83. The van der Waals surface area contributed by atoms with E-state index in [-0.39, 0.29) is 0 Å². The van der Waals surface area contributed by atoms with Gasteiger partial charge in [-0.1, -0.05) is 133 Å². The van der Waals surface area contributed by atoms with Crippen LogP contribution in [0.3, 0.4) is 0 Å². The summed E-state index contributed by atoms with van der Waals surface area (Å²) in [6.07, 6.45) is 0. The van der Waals surface area contributed by atoms with E-state index in [2.05, 4.69) is 120 Å². The normalized spacial score (nSPS) is 11.9. The Morgan fingerprint density at radius 1 is 0.351 bits per heavy atom. The number of aromatic nitrogens is 4. The van der Waals surface area contributed by atoms with Gasteiger partial charge in [0, 0.05) is 49.1 Å². The maximum Gasteiger partial charge on any atom is 0.167 e. The van der Waals surface area contributed by atoms with Crippen molar-refractivity contribution in [1.82, 2.24) is 19.5 Å². The fourth-order valence-corrected chi connectivity index (χ4v) is 8.56. The molecule has 0 spiro atoms. The summed E-state index contributed by atoms with van der Waals surface area (Å²) in [5.74, 6) is 1.65. The molecule has 6 heteroatoms. The summed E-state index contributed by atoms with van der Waals surface area (Å²) in [6.45, 7) is 0. The van der Waals surface area contributed by atoms with Gasteiger partial charge in [-0.3, -0.25) is 0 Å². The highest BCUT2D eigenvalue weighted by atomic mass is 16.3. The summed E-state index contributed by atoms with van der Waals surface area (Å²) in [5, 5.41) is 6.43. The van der Waals surface area contributed by atoms with Crippen molar-refractivity contribution in [3.8, 4) is 51.0 Å².